The van der Waals surface area contributed by atoms with Gasteiger partial charge in [-0.3, -0.25) is 0 Å². The Morgan fingerprint density at radius 1 is 1.29 bits per heavy atom. The van der Waals surface area contributed by atoms with Crippen molar-refractivity contribution in [3.05, 3.63) is 24.3 Å². The Labute approximate surface area is 107 Å². The molecule has 0 heterocycles. The first-order chi connectivity index (χ1) is 8.27. The fraction of sp³-hybridized carbons (Fsp3) is 0.538. The van der Waals surface area contributed by atoms with Crippen molar-refractivity contribution in [3.63, 3.8) is 0 Å². The Hall–Kier alpha value is -0.870. The SMILES string of the molecule is CCCSCC(O)COc1ccccc1OC. The first-order valence-corrected chi connectivity index (χ1v) is 6.95. The third-order valence-electron chi connectivity index (χ3n) is 2.16. The largest absolute Gasteiger partial charge is 0.493 e. The van der Waals surface area contributed by atoms with Gasteiger partial charge < -0.3 is 14.6 Å². The molecule has 1 aromatic carbocycles. The van der Waals surface area contributed by atoms with Crippen LogP contribution in [0.1, 0.15) is 13.3 Å². The monoisotopic (exact) mass is 256 g/mol. The lowest BCUT2D eigenvalue weighted by molar-refractivity contribution is 0.124. The van der Waals surface area contributed by atoms with Crippen LogP contribution in [-0.2, 0) is 0 Å². The highest BCUT2D eigenvalue weighted by atomic mass is 32.2. The molecule has 1 atom stereocenters. The van der Waals surface area contributed by atoms with Gasteiger partial charge in [-0.2, -0.15) is 11.8 Å². The summed E-state index contributed by atoms with van der Waals surface area (Å²) in [4.78, 5) is 0. The van der Waals surface area contributed by atoms with E-state index in [9.17, 15) is 5.11 Å². The van der Waals surface area contributed by atoms with Gasteiger partial charge >= 0.3 is 0 Å². The summed E-state index contributed by atoms with van der Waals surface area (Å²) in [5.74, 6) is 3.16. The van der Waals surface area contributed by atoms with Crippen LogP contribution in [0.25, 0.3) is 0 Å². The number of hydrogen-bond donors (Lipinski definition) is 1. The molecule has 0 aliphatic heterocycles. The molecule has 0 fully saturated rings. The van der Waals surface area contributed by atoms with E-state index in [1.807, 2.05) is 24.3 Å². The van der Waals surface area contributed by atoms with Crippen LogP contribution in [0.2, 0.25) is 0 Å². The van der Waals surface area contributed by atoms with Crippen LogP contribution in [0, 0.1) is 0 Å². The standard InChI is InChI=1S/C13H20O3S/c1-3-8-17-10-11(14)9-16-13-7-5-4-6-12(13)15-2/h4-7,11,14H,3,8-10H2,1-2H3. The molecule has 1 aromatic rings. The number of thioether (sulfide) groups is 1. The van der Waals surface area contributed by atoms with Crippen molar-refractivity contribution in [2.75, 3.05) is 25.2 Å². The van der Waals surface area contributed by atoms with Gasteiger partial charge in [0.15, 0.2) is 11.5 Å². The predicted molar refractivity (Wildman–Crippen MR) is 72.1 cm³/mol. The van der Waals surface area contributed by atoms with Crippen LogP contribution in [0.5, 0.6) is 11.5 Å². The van der Waals surface area contributed by atoms with Gasteiger partial charge in [-0.1, -0.05) is 19.1 Å². The van der Waals surface area contributed by atoms with E-state index in [-0.39, 0.29) is 0 Å². The van der Waals surface area contributed by atoms with Gasteiger partial charge in [0.05, 0.1) is 13.2 Å². The van der Waals surface area contributed by atoms with E-state index in [2.05, 4.69) is 6.92 Å². The third-order valence-corrected chi connectivity index (χ3v) is 3.48. The predicted octanol–water partition coefficient (Wildman–Crippen LogP) is 2.58. The van der Waals surface area contributed by atoms with Gasteiger partial charge in [0.2, 0.25) is 0 Å². The van der Waals surface area contributed by atoms with Crippen LogP contribution in [0.3, 0.4) is 0 Å². The molecule has 1 rings (SSSR count). The van der Waals surface area contributed by atoms with Gasteiger partial charge in [0, 0.05) is 5.75 Å². The van der Waals surface area contributed by atoms with Crippen molar-refractivity contribution in [1.29, 1.82) is 0 Å². The van der Waals surface area contributed by atoms with E-state index in [1.165, 1.54) is 0 Å². The molecular formula is C13H20O3S. The van der Waals surface area contributed by atoms with Crippen molar-refractivity contribution in [2.45, 2.75) is 19.4 Å². The topological polar surface area (TPSA) is 38.7 Å². The average molecular weight is 256 g/mol. The first-order valence-electron chi connectivity index (χ1n) is 5.79. The summed E-state index contributed by atoms with van der Waals surface area (Å²) < 4.78 is 10.7. The van der Waals surface area contributed by atoms with Gasteiger partial charge in [0.1, 0.15) is 6.61 Å². The molecule has 4 heteroatoms. The highest BCUT2D eigenvalue weighted by molar-refractivity contribution is 7.99. The smallest absolute Gasteiger partial charge is 0.161 e. The van der Waals surface area contributed by atoms with E-state index in [0.717, 1.165) is 12.2 Å². The number of aliphatic hydroxyl groups excluding tert-OH is 1. The Bertz CT molecular complexity index is 317. The van der Waals surface area contributed by atoms with Crippen LogP contribution in [0.15, 0.2) is 24.3 Å². The zero-order valence-electron chi connectivity index (χ0n) is 10.4. The normalized spacial score (nSPS) is 12.2. The molecule has 0 aromatic heterocycles. The number of ether oxygens (including phenoxy) is 2. The molecule has 0 amide bonds. The summed E-state index contributed by atoms with van der Waals surface area (Å²) in [5, 5.41) is 9.71. The van der Waals surface area contributed by atoms with Gasteiger partial charge in [-0.25, -0.2) is 0 Å². The van der Waals surface area contributed by atoms with E-state index < -0.39 is 6.10 Å². The second kappa shape index (κ2) is 8.25. The van der Waals surface area contributed by atoms with Crippen molar-refractivity contribution < 1.29 is 14.6 Å². The number of benzene rings is 1. The molecule has 0 aliphatic rings. The van der Waals surface area contributed by atoms with E-state index in [4.69, 9.17) is 9.47 Å². The molecule has 1 N–H and O–H groups in total. The molecule has 0 spiro atoms. The maximum atomic E-state index is 9.71. The van der Waals surface area contributed by atoms with Gasteiger partial charge in [-0.15, -0.1) is 0 Å². The molecule has 0 radical (unpaired) electrons. The number of para-hydroxylation sites is 2. The zero-order chi connectivity index (χ0) is 12.5. The Balaban J connectivity index is 2.33. The zero-order valence-corrected chi connectivity index (χ0v) is 11.2. The van der Waals surface area contributed by atoms with Crippen molar-refractivity contribution >= 4 is 11.8 Å². The average Bonchev–Trinajstić information content (AvgIpc) is 2.37. The van der Waals surface area contributed by atoms with Crippen molar-refractivity contribution in [1.82, 2.24) is 0 Å². The molecule has 3 nitrogen and oxygen atoms in total. The summed E-state index contributed by atoms with van der Waals surface area (Å²) in [6.07, 6.45) is 0.696. The third kappa shape index (κ3) is 5.33. The molecule has 1 unspecified atom stereocenters. The van der Waals surface area contributed by atoms with Gasteiger partial charge in [-0.05, 0) is 24.3 Å². The highest BCUT2D eigenvalue weighted by Gasteiger charge is 2.07. The van der Waals surface area contributed by atoms with Crippen molar-refractivity contribution in [2.24, 2.45) is 0 Å². The highest BCUT2D eigenvalue weighted by Crippen LogP contribution is 2.25. The molecule has 0 bridgehead atoms. The summed E-state index contributed by atoms with van der Waals surface area (Å²) in [7, 11) is 1.61. The fourth-order valence-electron chi connectivity index (χ4n) is 1.34. The van der Waals surface area contributed by atoms with Crippen molar-refractivity contribution in [3.8, 4) is 11.5 Å². The lowest BCUT2D eigenvalue weighted by Crippen LogP contribution is -2.20. The lowest BCUT2D eigenvalue weighted by atomic mass is 10.3. The minimum atomic E-state index is -0.434. The molecule has 0 saturated carbocycles. The molecule has 96 valence electrons. The Kier molecular flexibility index (Phi) is 6.89. The first kappa shape index (κ1) is 14.2. The van der Waals surface area contributed by atoms with Crippen LogP contribution in [-0.4, -0.2) is 36.4 Å². The Morgan fingerprint density at radius 3 is 2.65 bits per heavy atom. The van der Waals surface area contributed by atoms with Crippen LogP contribution < -0.4 is 9.47 Å². The fourth-order valence-corrected chi connectivity index (χ4v) is 2.16. The maximum absolute atomic E-state index is 9.71. The number of rotatable bonds is 8. The van der Waals surface area contributed by atoms with Crippen LogP contribution in [0.4, 0.5) is 0 Å². The van der Waals surface area contributed by atoms with E-state index >= 15 is 0 Å². The quantitative estimate of drug-likeness (QED) is 0.726. The van der Waals surface area contributed by atoms with Gasteiger partial charge in [0.25, 0.3) is 0 Å². The summed E-state index contributed by atoms with van der Waals surface area (Å²) in [5.41, 5.74) is 0. The molecule has 0 saturated heterocycles. The second-order valence-corrected chi connectivity index (χ2v) is 4.84. The molecular weight excluding hydrogens is 236 g/mol. The summed E-state index contributed by atoms with van der Waals surface area (Å²) >= 11 is 1.75. The number of methoxy groups -OCH3 is 1. The summed E-state index contributed by atoms with van der Waals surface area (Å²) in [6.45, 7) is 2.43. The second-order valence-electron chi connectivity index (χ2n) is 3.69. The summed E-state index contributed by atoms with van der Waals surface area (Å²) in [6, 6.07) is 7.45. The van der Waals surface area contributed by atoms with E-state index in [0.29, 0.717) is 23.9 Å². The maximum Gasteiger partial charge on any atom is 0.161 e. The number of hydrogen-bond acceptors (Lipinski definition) is 4. The van der Waals surface area contributed by atoms with Crippen LogP contribution >= 0.6 is 11.8 Å². The molecule has 17 heavy (non-hydrogen) atoms. The van der Waals surface area contributed by atoms with E-state index in [1.54, 1.807) is 18.9 Å². The Morgan fingerprint density at radius 2 is 2.00 bits per heavy atom. The lowest BCUT2D eigenvalue weighted by Gasteiger charge is -2.13. The number of aliphatic hydroxyl groups is 1. The minimum Gasteiger partial charge on any atom is -0.493 e. The minimum absolute atomic E-state index is 0.303. The molecule has 0 aliphatic carbocycles.